The number of hydrogen-bond donors (Lipinski definition) is 1. The molecule has 1 N–H and O–H groups in total. The van der Waals surface area contributed by atoms with Crippen LogP contribution in [0.5, 0.6) is 0 Å². The van der Waals surface area contributed by atoms with Gasteiger partial charge in [-0.1, -0.05) is 19.8 Å². The predicted molar refractivity (Wildman–Crippen MR) is 65.2 cm³/mol. The van der Waals surface area contributed by atoms with Gasteiger partial charge in [0.25, 0.3) is 0 Å². The zero-order valence-corrected chi connectivity index (χ0v) is 10.5. The second-order valence-corrected chi connectivity index (χ2v) is 5.42. The highest BCUT2D eigenvalue weighted by Crippen LogP contribution is 2.37. The van der Waals surface area contributed by atoms with Crippen LogP contribution in [0.3, 0.4) is 0 Å². The predicted octanol–water partition coefficient (Wildman–Crippen LogP) is 1.63. The Morgan fingerprint density at radius 2 is 2.06 bits per heavy atom. The molecule has 2 unspecified atom stereocenters. The number of rotatable bonds is 4. The minimum absolute atomic E-state index is 0.320. The van der Waals surface area contributed by atoms with Crippen molar-refractivity contribution in [1.82, 2.24) is 10.2 Å². The minimum Gasteiger partial charge on any atom is -0.341 e. The van der Waals surface area contributed by atoms with Gasteiger partial charge in [0.15, 0.2) is 0 Å². The number of likely N-dealkylation sites (N-methyl/N-ethyl adjacent to an activating group) is 1. The smallest absolute Gasteiger partial charge is 0.222 e. The van der Waals surface area contributed by atoms with Gasteiger partial charge in [0.1, 0.15) is 0 Å². The fraction of sp³-hybridized carbons (Fsp3) is 0.923. The second-order valence-electron chi connectivity index (χ2n) is 5.42. The van der Waals surface area contributed by atoms with Crippen molar-refractivity contribution in [2.75, 3.05) is 20.1 Å². The summed E-state index contributed by atoms with van der Waals surface area (Å²) in [6, 6.07) is 0.507. The average molecular weight is 224 g/mol. The number of likely N-dealkylation sites (tertiary alicyclic amines) is 1. The third kappa shape index (κ3) is 2.97. The molecule has 0 aromatic heterocycles. The molecule has 1 saturated carbocycles. The number of carbonyl (C=O) groups is 1. The highest BCUT2D eigenvalue weighted by molar-refractivity contribution is 5.76. The molecule has 1 saturated heterocycles. The first-order chi connectivity index (χ1) is 7.72. The zero-order chi connectivity index (χ0) is 11.5. The summed E-state index contributed by atoms with van der Waals surface area (Å²) in [5, 5.41) is 3.34. The normalized spacial score (nSPS) is 30.5. The van der Waals surface area contributed by atoms with Crippen molar-refractivity contribution in [3.05, 3.63) is 0 Å². The van der Waals surface area contributed by atoms with E-state index in [-0.39, 0.29) is 0 Å². The fourth-order valence-corrected chi connectivity index (χ4v) is 2.84. The van der Waals surface area contributed by atoms with Crippen molar-refractivity contribution in [3.8, 4) is 0 Å². The molecule has 2 rings (SSSR count). The van der Waals surface area contributed by atoms with Gasteiger partial charge in [0.2, 0.25) is 5.91 Å². The molecule has 1 aliphatic heterocycles. The Balaban J connectivity index is 1.90. The van der Waals surface area contributed by atoms with E-state index in [9.17, 15) is 4.79 Å². The molecule has 92 valence electrons. The van der Waals surface area contributed by atoms with E-state index in [1.807, 2.05) is 14.0 Å². The fourth-order valence-electron chi connectivity index (χ4n) is 2.84. The van der Waals surface area contributed by atoms with E-state index < -0.39 is 0 Å². The van der Waals surface area contributed by atoms with Crippen LogP contribution in [0.2, 0.25) is 0 Å². The highest BCUT2D eigenvalue weighted by Gasteiger charge is 2.32. The molecular weight excluding hydrogens is 200 g/mol. The summed E-state index contributed by atoms with van der Waals surface area (Å²) < 4.78 is 0. The maximum absolute atomic E-state index is 11.8. The molecule has 0 spiro atoms. The van der Waals surface area contributed by atoms with Gasteiger partial charge in [-0.05, 0) is 31.7 Å². The van der Waals surface area contributed by atoms with E-state index in [0.29, 0.717) is 18.4 Å². The lowest BCUT2D eigenvalue weighted by Crippen LogP contribution is -2.50. The van der Waals surface area contributed by atoms with Crippen LogP contribution in [0.25, 0.3) is 0 Å². The van der Waals surface area contributed by atoms with Crippen molar-refractivity contribution in [2.45, 2.75) is 45.1 Å². The average Bonchev–Trinajstić information content (AvgIpc) is 3.11. The highest BCUT2D eigenvalue weighted by atomic mass is 16.2. The Morgan fingerprint density at radius 3 is 2.62 bits per heavy atom. The minimum atomic E-state index is 0.320. The summed E-state index contributed by atoms with van der Waals surface area (Å²) >= 11 is 0. The second kappa shape index (κ2) is 5.17. The van der Waals surface area contributed by atoms with Crippen LogP contribution in [-0.4, -0.2) is 37.0 Å². The Kier molecular flexibility index (Phi) is 3.85. The number of carbonyl (C=O) groups excluding carboxylic acids is 1. The first-order valence-electron chi connectivity index (χ1n) is 6.68. The van der Waals surface area contributed by atoms with E-state index >= 15 is 0 Å². The van der Waals surface area contributed by atoms with Crippen molar-refractivity contribution in [3.63, 3.8) is 0 Å². The number of hydrogen-bond acceptors (Lipinski definition) is 2. The summed E-state index contributed by atoms with van der Waals surface area (Å²) in [7, 11) is 2.01. The van der Waals surface area contributed by atoms with Crippen LogP contribution in [0.4, 0.5) is 0 Å². The molecule has 16 heavy (non-hydrogen) atoms. The third-order valence-electron chi connectivity index (χ3n) is 3.96. The zero-order valence-electron chi connectivity index (χ0n) is 10.5. The van der Waals surface area contributed by atoms with Crippen LogP contribution >= 0.6 is 0 Å². The molecule has 3 nitrogen and oxygen atoms in total. The van der Waals surface area contributed by atoms with Gasteiger partial charge < -0.3 is 10.2 Å². The van der Waals surface area contributed by atoms with E-state index in [1.165, 1.54) is 25.7 Å². The van der Waals surface area contributed by atoms with Gasteiger partial charge in [-0.15, -0.1) is 0 Å². The van der Waals surface area contributed by atoms with Crippen LogP contribution < -0.4 is 5.32 Å². The first-order valence-corrected chi connectivity index (χ1v) is 6.68. The van der Waals surface area contributed by atoms with E-state index in [4.69, 9.17) is 0 Å². The molecule has 0 aromatic rings. The first kappa shape index (κ1) is 11.9. The Bertz CT molecular complexity index is 250. The molecule has 1 heterocycles. The van der Waals surface area contributed by atoms with Gasteiger partial charge in [0.05, 0.1) is 0 Å². The Labute approximate surface area is 98.6 Å². The summed E-state index contributed by atoms with van der Waals surface area (Å²) in [6.07, 6.45) is 6.07. The van der Waals surface area contributed by atoms with Crippen LogP contribution in [0.15, 0.2) is 0 Å². The largest absolute Gasteiger partial charge is 0.341 e. The van der Waals surface area contributed by atoms with Gasteiger partial charge in [0, 0.05) is 25.6 Å². The Morgan fingerprint density at radius 1 is 1.31 bits per heavy atom. The van der Waals surface area contributed by atoms with E-state index in [1.54, 1.807) is 0 Å². The molecular formula is C13H24N2O. The number of piperidine rings is 1. The number of amides is 1. The third-order valence-corrected chi connectivity index (χ3v) is 3.96. The molecule has 2 fully saturated rings. The van der Waals surface area contributed by atoms with Gasteiger partial charge in [-0.3, -0.25) is 4.79 Å². The lowest BCUT2D eigenvalue weighted by molar-refractivity contribution is -0.133. The quantitative estimate of drug-likeness (QED) is 0.787. The number of nitrogens with one attached hydrogen (secondary N) is 1. The summed E-state index contributed by atoms with van der Waals surface area (Å²) in [4.78, 5) is 13.8. The van der Waals surface area contributed by atoms with Crippen molar-refractivity contribution in [2.24, 2.45) is 11.8 Å². The van der Waals surface area contributed by atoms with Crippen molar-refractivity contribution >= 4 is 5.91 Å². The van der Waals surface area contributed by atoms with Crippen molar-refractivity contribution in [1.29, 1.82) is 0 Å². The molecule has 2 aliphatic rings. The number of nitrogens with zero attached hydrogens (tertiary/aromatic N) is 1. The molecule has 1 amide bonds. The topological polar surface area (TPSA) is 32.3 Å². The van der Waals surface area contributed by atoms with Gasteiger partial charge in [-0.2, -0.15) is 0 Å². The molecule has 0 bridgehead atoms. The standard InChI is InChI=1S/C13H24N2O/c1-3-13(16)15-8-11(6-10-4-5-10)7-12(9-15)14-2/h10-12,14H,3-9H2,1-2H3. The SMILES string of the molecule is CCC(=O)N1CC(CC2CC2)CC(NC)C1. The maximum atomic E-state index is 11.8. The van der Waals surface area contributed by atoms with Gasteiger partial charge in [-0.25, -0.2) is 0 Å². The Hall–Kier alpha value is -0.570. The summed E-state index contributed by atoms with van der Waals surface area (Å²) in [5.74, 6) is 2.02. The lowest BCUT2D eigenvalue weighted by atomic mass is 9.89. The van der Waals surface area contributed by atoms with Crippen LogP contribution in [-0.2, 0) is 4.79 Å². The lowest BCUT2D eigenvalue weighted by Gasteiger charge is -2.38. The molecule has 2 atom stereocenters. The van der Waals surface area contributed by atoms with E-state index in [0.717, 1.165) is 24.9 Å². The van der Waals surface area contributed by atoms with Crippen LogP contribution in [0.1, 0.15) is 39.0 Å². The summed E-state index contributed by atoms with van der Waals surface area (Å²) in [5.41, 5.74) is 0. The van der Waals surface area contributed by atoms with Crippen molar-refractivity contribution < 1.29 is 4.79 Å². The maximum Gasteiger partial charge on any atom is 0.222 e. The summed E-state index contributed by atoms with van der Waals surface area (Å²) in [6.45, 7) is 3.87. The van der Waals surface area contributed by atoms with E-state index in [2.05, 4.69) is 10.2 Å². The van der Waals surface area contributed by atoms with Crippen LogP contribution in [0, 0.1) is 11.8 Å². The monoisotopic (exact) mass is 224 g/mol. The molecule has 0 aromatic carbocycles. The van der Waals surface area contributed by atoms with Gasteiger partial charge >= 0.3 is 0 Å². The molecule has 1 aliphatic carbocycles. The molecule has 3 heteroatoms. The molecule has 0 radical (unpaired) electrons.